The Bertz CT molecular complexity index is 1320. The Morgan fingerprint density at radius 3 is 2.35 bits per heavy atom. The average molecular weight is 579 g/mol. The molecule has 4 fully saturated rings. The van der Waals surface area contributed by atoms with E-state index in [1.807, 2.05) is 0 Å². The molecule has 0 aliphatic heterocycles. The van der Waals surface area contributed by atoms with E-state index >= 15 is 0 Å². The van der Waals surface area contributed by atoms with E-state index in [2.05, 4.69) is 88.4 Å². The van der Waals surface area contributed by atoms with Crippen LogP contribution in [0.15, 0.2) is 72.1 Å². The highest BCUT2D eigenvalue weighted by Crippen LogP contribution is 2.83. The van der Waals surface area contributed by atoms with E-state index in [4.69, 9.17) is 9.47 Å². The lowest BCUT2D eigenvalue weighted by molar-refractivity contribution is -0.224. The van der Waals surface area contributed by atoms with Crippen molar-refractivity contribution in [2.45, 2.75) is 116 Å². The van der Waals surface area contributed by atoms with Crippen LogP contribution in [0.3, 0.4) is 0 Å². The Hall–Kier alpha value is -2.06. The summed E-state index contributed by atoms with van der Waals surface area (Å²) >= 11 is 0. The van der Waals surface area contributed by atoms with Crippen molar-refractivity contribution in [2.75, 3.05) is 0 Å². The van der Waals surface area contributed by atoms with Gasteiger partial charge < -0.3 is 9.47 Å². The first-order valence-corrected chi connectivity index (χ1v) is 18.1. The first kappa shape index (κ1) is 28.4. The largest absolute Gasteiger partial charge is 0.469 e. The van der Waals surface area contributed by atoms with Gasteiger partial charge in [0.15, 0.2) is 0 Å². The lowest BCUT2D eigenvalue weighted by Crippen LogP contribution is -2.59. The van der Waals surface area contributed by atoms with Gasteiger partial charge in [0.2, 0.25) is 6.29 Å². The van der Waals surface area contributed by atoms with Crippen molar-refractivity contribution in [2.24, 2.45) is 52.8 Å². The van der Waals surface area contributed by atoms with Gasteiger partial charge >= 0.3 is 0 Å². The molecule has 0 radical (unpaired) electrons. The normalized spacial score (nSPS) is 39.3. The van der Waals surface area contributed by atoms with Gasteiger partial charge in [0.1, 0.15) is 0 Å². The maximum atomic E-state index is 7.57. The van der Waals surface area contributed by atoms with Crippen LogP contribution in [-0.4, -0.2) is 11.9 Å². The second-order valence-electron chi connectivity index (χ2n) is 16.2. The van der Waals surface area contributed by atoms with Crippen LogP contribution in [-0.2, 0) is 15.9 Å². The van der Waals surface area contributed by atoms with Gasteiger partial charge in [-0.3, -0.25) is 0 Å². The molecule has 0 saturated heterocycles. The lowest BCUT2D eigenvalue weighted by atomic mass is 9.38. The Kier molecular flexibility index (Phi) is 7.13. The summed E-state index contributed by atoms with van der Waals surface area (Å²) in [6, 6.07) is 9.20. The Balaban J connectivity index is 1.12. The number of hydrogen-bond donors (Lipinski definition) is 0. The highest BCUT2D eigenvalue weighted by atomic mass is 16.7. The third kappa shape index (κ3) is 4.51. The van der Waals surface area contributed by atoms with Gasteiger partial charge in [-0.25, -0.2) is 0 Å². The smallest absolute Gasteiger partial charge is 0.207 e. The van der Waals surface area contributed by atoms with Gasteiger partial charge in [-0.15, -0.1) is 0 Å². The van der Waals surface area contributed by atoms with Crippen molar-refractivity contribution in [3.8, 4) is 0 Å². The molecule has 1 aromatic carbocycles. The molecular formula is C41H54O2. The molecule has 2 heteroatoms. The molecule has 1 spiro atoms. The fourth-order valence-electron chi connectivity index (χ4n) is 11.9. The zero-order chi connectivity index (χ0) is 29.3. The van der Waals surface area contributed by atoms with Crippen LogP contribution in [0.1, 0.15) is 109 Å². The van der Waals surface area contributed by atoms with E-state index in [9.17, 15) is 0 Å². The summed E-state index contributed by atoms with van der Waals surface area (Å²) in [7, 11) is 0. The summed E-state index contributed by atoms with van der Waals surface area (Å²) in [6.45, 7) is 9.54. The predicted octanol–water partition coefficient (Wildman–Crippen LogP) is 10.3. The van der Waals surface area contributed by atoms with Crippen LogP contribution in [0, 0.1) is 52.8 Å². The van der Waals surface area contributed by atoms with Gasteiger partial charge in [0.25, 0.3) is 0 Å². The summed E-state index contributed by atoms with van der Waals surface area (Å²) in [4.78, 5) is 0. The quantitative estimate of drug-likeness (QED) is 0.243. The fourth-order valence-corrected chi connectivity index (χ4v) is 11.9. The molecule has 0 aromatic heterocycles. The molecule has 7 unspecified atom stereocenters. The van der Waals surface area contributed by atoms with Crippen molar-refractivity contribution in [1.29, 1.82) is 0 Å². The van der Waals surface area contributed by atoms with Crippen molar-refractivity contribution < 1.29 is 9.47 Å². The van der Waals surface area contributed by atoms with Crippen molar-refractivity contribution >= 4 is 0 Å². The summed E-state index contributed by atoms with van der Waals surface area (Å²) in [5.41, 5.74) is 5.27. The lowest BCUT2D eigenvalue weighted by Gasteiger charge is -2.66. The minimum absolute atomic E-state index is 0.0232. The molecule has 0 N–H and O–H groups in total. The van der Waals surface area contributed by atoms with Gasteiger partial charge in [-0.1, -0.05) is 101 Å². The number of allylic oxidation sites excluding steroid dienone is 8. The SMILES string of the molecule is CCC(CC)C(CC(C)C)C1=CC=C(OC(OC23CC4CC5CC(C2)C54C3)C2c3ccccc3CC3C=CC=CC32)CC1. The van der Waals surface area contributed by atoms with E-state index in [1.54, 1.807) is 5.57 Å². The number of hydrogen-bond acceptors (Lipinski definition) is 2. The van der Waals surface area contributed by atoms with Crippen LogP contribution in [0.4, 0.5) is 0 Å². The van der Waals surface area contributed by atoms with Crippen molar-refractivity contribution in [3.63, 3.8) is 0 Å². The minimum atomic E-state index is -0.235. The number of ether oxygens (including phenoxy) is 2. The van der Waals surface area contributed by atoms with Crippen LogP contribution < -0.4 is 0 Å². The number of fused-ring (bicyclic) bond motifs is 3. The van der Waals surface area contributed by atoms with Gasteiger partial charge in [0.05, 0.1) is 17.3 Å². The second-order valence-corrected chi connectivity index (χ2v) is 16.2. The molecule has 2 bridgehead atoms. The van der Waals surface area contributed by atoms with Crippen LogP contribution in [0.2, 0.25) is 0 Å². The molecule has 7 aliphatic carbocycles. The zero-order valence-electron chi connectivity index (χ0n) is 27.1. The highest BCUT2D eigenvalue weighted by molar-refractivity contribution is 5.39. The molecule has 1 aromatic rings. The van der Waals surface area contributed by atoms with Crippen molar-refractivity contribution in [3.05, 3.63) is 83.2 Å². The first-order valence-electron chi connectivity index (χ1n) is 18.1. The number of benzene rings is 1. The standard InChI is InChI=1S/C41H54O2/c1-5-27(6-2)37(19-26(3)4)28-15-17-34(18-16-28)42-39(43-40-23-32-21-31-22-33(24-40)41(31,32)25-40)38-35-13-9-7-11-29(35)20-30-12-8-10-14-36(30)38/h7-15,17,26-27,29,31-33,35,37-39H,5-6,16,18-25H2,1-4H3. The fraction of sp³-hybridized carbons (Fsp3) is 0.659. The van der Waals surface area contributed by atoms with E-state index in [0.717, 1.165) is 54.6 Å². The Morgan fingerprint density at radius 2 is 1.67 bits per heavy atom. The molecule has 7 atom stereocenters. The molecule has 0 amide bonds. The first-order chi connectivity index (χ1) is 20.9. The van der Waals surface area contributed by atoms with Crippen LogP contribution in [0.25, 0.3) is 0 Å². The molecule has 43 heavy (non-hydrogen) atoms. The van der Waals surface area contributed by atoms with Gasteiger partial charge in [-0.2, -0.15) is 0 Å². The van der Waals surface area contributed by atoms with Crippen molar-refractivity contribution in [1.82, 2.24) is 0 Å². The monoisotopic (exact) mass is 578 g/mol. The van der Waals surface area contributed by atoms with E-state index in [1.165, 1.54) is 62.5 Å². The minimum Gasteiger partial charge on any atom is -0.469 e. The predicted molar refractivity (Wildman–Crippen MR) is 175 cm³/mol. The molecule has 0 heterocycles. The second kappa shape index (κ2) is 10.8. The van der Waals surface area contributed by atoms with E-state index in [0.29, 0.717) is 23.2 Å². The van der Waals surface area contributed by atoms with Crippen LogP contribution >= 0.6 is 0 Å². The molecule has 2 nitrogen and oxygen atoms in total. The molecular weight excluding hydrogens is 524 g/mol. The Labute approximate surface area is 261 Å². The molecule has 230 valence electrons. The summed E-state index contributed by atoms with van der Waals surface area (Å²) in [5, 5.41) is 0. The summed E-state index contributed by atoms with van der Waals surface area (Å²) < 4.78 is 14.8. The highest BCUT2D eigenvalue weighted by Gasteiger charge is 2.78. The molecule has 8 rings (SSSR count). The maximum Gasteiger partial charge on any atom is 0.207 e. The number of rotatable bonds is 11. The van der Waals surface area contributed by atoms with Gasteiger partial charge in [0, 0.05) is 6.42 Å². The maximum absolute atomic E-state index is 7.57. The van der Waals surface area contributed by atoms with E-state index < -0.39 is 0 Å². The Morgan fingerprint density at radius 1 is 0.907 bits per heavy atom. The molecule has 7 aliphatic rings. The third-order valence-electron chi connectivity index (χ3n) is 13.8. The van der Waals surface area contributed by atoms with Crippen LogP contribution in [0.5, 0.6) is 0 Å². The average Bonchev–Trinajstić information content (AvgIpc) is 3.47. The topological polar surface area (TPSA) is 18.5 Å². The summed E-state index contributed by atoms with van der Waals surface area (Å²) in [6.07, 6.45) is 27.9. The van der Waals surface area contributed by atoms with Gasteiger partial charge in [-0.05, 0) is 121 Å². The summed E-state index contributed by atoms with van der Waals surface area (Å²) in [5.74, 6) is 7.33. The third-order valence-corrected chi connectivity index (χ3v) is 13.8. The zero-order valence-corrected chi connectivity index (χ0v) is 27.1. The van der Waals surface area contributed by atoms with E-state index in [-0.39, 0.29) is 17.8 Å². The molecule has 4 saturated carbocycles.